The van der Waals surface area contributed by atoms with Crippen molar-refractivity contribution in [3.8, 4) is 11.5 Å². The first-order valence-corrected chi connectivity index (χ1v) is 8.93. The fraction of sp³-hybridized carbons (Fsp3) is 0.579. The molecule has 0 spiro atoms. The van der Waals surface area contributed by atoms with E-state index in [2.05, 4.69) is 0 Å². The van der Waals surface area contributed by atoms with Gasteiger partial charge in [0.2, 0.25) is 0 Å². The highest BCUT2D eigenvalue weighted by Crippen LogP contribution is 2.35. The number of aromatic hydroxyl groups is 1. The van der Waals surface area contributed by atoms with Crippen LogP contribution in [0.2, 0.25) is 0 Å². The van der Waals surface area contributed by atoms with Gasteiger partial charge < -0.3 is 19.5 Å². The first-order chi connectivity index (χ1) is 12.1. The minimum Gasteiger partial charge on any atom is -0.507 e. The Bertz CT molecular complexity index is 643. The van der Waals surface area contributed by atoms with Crippen molar-refractivity contribution in [2.75, 3.05) is 20.3 Å². The zero-order chi connectivity index (χ0) is 17.8. The number of phenolic OH excluding ortho intramolecular Hbond substituents is 1. The number of hydrogen-bond donors (Lipinski definition) is 1. The van der Waals surface area contributed by atoms with E-state index >= 15 is 0 Å². The average molecular weight is 347 g/mol. The van der Waals surface area contributed by atoms with Crippen molar-refractivity contribution >= 4 is 11.9 Å². The summed E-state index contributed by atoms with van der Waals surface area (Å²) in [6.07, 6.45) is 6.84. The highest BCUT2D eigenvalue weighted by atomic mass is 16.5. The van der Waals surface area contributed by atoms with Gasteiger partial charge in [-0.05, 0) is 43.7 Å². The van der Waals surface area contributed by atoms with Gasteiger partial charge >= 0.3 is 5.97 Å². The molecule has 0 unspecified atom stereocenters. The van der Waals surface area contributed by atoms with Gasteiger partial charge in [0.15, 0.2) is 6.61 Å². The maximum absolute atomic E-state index is 12.5. The molecular formula is C19H25NO5. The molecule has 2 atom stereocenters. The SMILES string of the molecule is COc1ccc(C(=O)OCC(=O)N2CCC[C@H]3CCCC[C@@H]32)c(O)c1. The van der Waals surface area contributed by atoms with Crippen molar-refractivity contribution in [3.63, 3.8) is 0 Å². The van der Waals surface area contributed by atoms with Crippen molar-refractivity contribution in [1.29, 1.82) is 0 Å². The van der Waals surface area contributed by atoms with Gasteiger partial charge in [0.1, 0.15) is 17.1 Å². The zero-order valence-electron chi connectivity index (χ0n) is 14.6. The molecule has 1 aromatic carbocycles. The quantitative estimate of drug-likeness (QED) is 0.848. The molecule has 0 aromatic heterocycles. The standard InChI is InChI=1S/C19H25NO5/c1-24-14-8-9-15(17(21)11-14)19(23)25-12-18(22)20-10-4-6-13-5-2-3-7-16(13)20/h8-9,11,13,16,21H,2-7,10,12H2,1H3/t13-,16+/m1/s1. The van der Waals surface area contributed by atoms with Gasteiger partial charge in [0.05, 0.1) is 7.11 Å². The number of carbonyl (C=O) groups excluding carboxylic acids is 2. The van der Waals surface area contributed by atoms with E-state index in [1.165, 1.54) is 38.5 Å². The maximum atomic E-state index is 12.5. The fourth-order valence-electron chi connectivity index (χ4n) is 4.03. The molecule has 1 heterocycles. The molecule has 3 rings (SSSR count). The number of benzene rings is 1. The third kappa shape index (κ3) is 3.89. The van der Waals surface area contributed by atoms with Gasteiger partial charge in [0.25, 0.3) is 5.91 Å². The number of ether oxygens (including phenoxy) is 2. The molecule has 6 heteroatoms. The lowest BCUT2D eigenvalue weighted by atomic mass is 9.78. The molecule has 1 N–H and O–H groups in total. The lowest BCUT2D eigenvalue weighted by Crippen LogP contribution is -2.50. The molecule has 2 aliphatic rings. The summed E-state index contributed by atoms with van der Waals surface area (Å²) in [6.45, 7) is 0.457. The van der Waals surface area contributed by atoms with Gasteiger partial charge in [-0.25, -0.2) is 4.79 Å². The van der Waals surface area contributed by atoms with Crippen LogP contribution in [-0.4, -0.2) is 48.2 Å². The Morgan fingerprint density at radius 3 is 2.72 bits per heavy atom. The van der Waals surface area contributed by atoms with Crippen LogP contribution in [-0.2, 0) is 9.53 Å². The summed E-state index contributed by atoms with van der Waals surface area (Å²) in [5.74, 6) is -0.0275. The van der Waals surface area contributed by atoms with Crippen LogP contribution >= 0.6 is 0 Å². The van der Waals surface area contributed by atoms with Crippen molar-refractivity contribution in [3.05, 3.63) is 23.8 Å². The van der Waals surface area contributed by atoms with Crippen LogP contribution in [0.15, 0.2) is 18.2 Å². The highest BCUT2D eigenvalue weighted by molar-refractivity contribution is 5.94. The molecule has 1 aliphatic heterocycles. The van der Waals surface area contributed by atoms with Gasteiger partial charge in [-0.2, -0.15) is 0 Å². The van der Waals surface area contributed by atoms with Crippen molar-refractivity contribution in [1.82, 2.24) is 4.90 Å². The molecule has 1 saturated carbocycles. The number of piperidine rings is 1. The van der Waals surface area contributed by atoms with E-state index in [0.29, 0.717) is 17.7 Å². The first-order valence-electron chi connectivity index (χ1n) is 8.93. The Hall–Kier alpha value is -2.24. The maximum Gasteiger partial charge on any atom is 0.342 e. The molecule has 25 heavy (non-hydrogen) atoms. The number of methoxy groups -OCH3 is 1. The minimum atomic E-state index is -0.703. The predicted molar refractivity (Wildman–Crippen MR) is 91.6 cm³/mol. The van der Waals surface area contributed by atoms with Gasteiger partial charge in [0, 0.05) is 18.7 Å². The second kappa shape index (κ2) is 7.76. The van der Waals surface area contributed by atoms with E-state index in [4.69, 9.17) is 9.47 Å². The van der Waals surface area contributed by atoms with Gasteiger partial charge in [-0.1, -0.05) is 12.8 Å². The van der Waals surface area contributed by atoms with Crippen molar-refractivity contribution in [2.24, 2.45) is 5.92 Å². The molecule has 0 bridgehead atoms. The molecule has 2 fully saturated rings. The van der Waals surface area contributed by atoms with Crippen LogP contribution in [0.1, 0.15) is 48.9 Å². The Morgan fingerprint density at radius 2 is 1.96 bits per heavy atom. The smallest absolute Gasteiger partial charge is 0.342 e. The van der Waals surface area contributed by atoms with E-state index in [-0.39, 0.29) is 23.8 Å². The number of nitrogens with zero attached hydrogens (tertiary/aromatic N) is 1. The zero-order valence-corrected chi connectivity index (χ0v) is 14.6. The number of likely N-dealkylation sites (tertiary alicyclic amines) is 1. The monoisotopic (exact) mass is 347 g/mol. The highest BCUT2D eigenvalue weighted by Gasteiger charge is 2.35. The molecule has 1 aromatic rings. The lowest BCUT2D eigenvalue weighted by Gasteiger charge is -2.44. The Labute approximate surface area is 147 Å². The molecule has 136 valence electrons. The average Bonchev–Trinajstić information content (AvgIpc) is 2.65. The normalized spacial score (nSPS) is 22.8. The number of hydrogen-bond acceptors (Lipinski definition) is 5. The third-order valence-corrected chi connectivity index (χ3v) is 5.32. The van der Waals surface area contributed by atoms with Crippen LogP contribution in [0.4, 0.5) is 0 Å². The number of fused-ring (bicyclic) bond motifs is 1. The summed E-state index contributed by atoms with van der Waals surface area (Å²) in [7, 11) is 1.47. The summed E-state index contributed by atoms with van der Waals surface area (Å²) in [5.41, 5.74) is 0.0304. The van der Waals surface area contributed by atoms with Crippen molar-refractivity contribution in [2.45, 2.75) is 44.6 Å². The number of carbonyl (C=O) groups is 2. The summed E-state index contributed by atoms with van der Waals surface area (Å²) < 4.78 is 10.1. The molecular weight excluding hydrogens is 322 g/mol. The third-order valence-electron chi connectivity index (χ3n) is 5.32. The largest absolute Gasteiger partial charge is 0.507 e. The molecule has 0 radical (unpaired) electrons. The fourth-order valence-corrected chi connectivity index (χ4v) is 4.03. The van der Waals surface area contributed by atoms with Crippen LogP contribution < -0.4 is 4.74 Å². The lowest BCUT2D eigenvalue weighted by molar-refractivity contribution is -0.140. The van der Waals surface area contributed by atoms with E-state index in [9.17, 15) is 14.7 Å². The number of amides is 1. The summed E-state index contributed by atoms with van der Waals surface area (Å²) in [4.78, 5) is 26.6. The van der Waals surface area contributed by atoms with Gasteiger partial charge in [-0.15, -0.1) is 0 Å². The molecule has 1 amide bonds. The van der Waals surface area contributed by atoms with Gasteiger partial charge in [-0.3, -0.25) is 4.79 Å². The second-order valence-corrected chi connectivity index (χ2v) is 6.80. The first kappa shape index (κ1) is 17.6. The van der Waals surface area contributed by atoms with E-state index in [1.807, 2.05) is 4.90 Å². The minimum absolute atomic E-state index is 0.0304. The van der Waals surface area contributed by atoms with E-state index in [0.717, 1.165) is 25.8 Å². The van der Waals surface area contributed by atoms with Crippen LogP contribution in [0.25, 0.3) is 0 Å². The summed E-state index contributed by atoms with van der Waals surface area (Å²) >= 11 is 0. The second-order valence-electron chi connectivity index (χ2n) is 6.80. The molecule has 6 nitrogen and oxygen atoms in total. The topological polar surface area (TPSA) is 76.1 Å². The number of esters is 1. The number of phenols is 1. The number of rotatable bonds is 4. The van der Waals surface area contributed by atoms with E-state index < -0.39 is 5.97 Å². The Kier molecular flexibility index (Phi) is 5.46. The Morgan fingerprint density at radius 1 is 1.20 bits per heavy atom. The Balaban J connectivity index is 1.59. The molecule has 1 saturated heterocycles. The van der Waals surface area contributed by atoms with Crippen LogP contribution in [0, 0.1) is 5.92 Å². The van der Waals surface area contributed by atoms with E-state index in [1.54, 1.807) is 6.07 Å². The van der Waals surface area contributed by atoms with Crippen molar-refractivity contribution < 1.29 is 24.2 Å². The molecule has 1 aliphatic carbocycles. The van der Waals surface area contributed by atoms with Crippen LogP contribution in [0.3, 0.4) is 0 Å². The summed E-state index contributed by atoms with van der Waals surface area (Å²) in [5, 5.41) is 9.89. The van der Waals surface area contributed by atoms with Crippen LogP contribution in [0.5, 0.6) is 11.5 Å². The predicted octanol–water partition coefficient (Wildman–Crippen LogP) is 2.74. The summed E-state index contributed by atoms with van der Waals surface area (Å²) in [6, 6.07) is 4.63.